The van der Waals surface area contributed by atoms with Crippen LogP contribution in [-0.2, 0) is 22.6 Å². The van der Waals surface area contributed by atoms with Crippen molar-refractivity contribution >= 4 is 80.4 Å². The fourth-order valence-electron chi connectivity index (χ4n) is 10.9. The van der Waals surface area contributed by atoms with Gasteiger partial charge in [0.05, 0.1) is 22.7 Å². The Hall–Kier alpha value is -10.5. The van der Waals surface area contributed by atoms with Gasteiger partial charge in [0.1, 0.15) is 13.2 Å². The Morgan fingerprint density at radius 3 is 1.01 bits per heavy atom. The molecule has 0 fully saturated rings. The molecule has 9 aromatic rings. The molecule has 80 heavy (non-hydrogen) atoms. The van der Waals surface area contributed by atoms with E-state index in [4.69, 9.17) is 9.47 Å². The quantitative estimate of drug-likeness (QED) is 0.0489. The number of urea groups is 2. The molecular formula is C64H54N8O8. The first-order valence-corrected chi connectivity index (χ1v) is 26.0. The molecule has 0 heterocycles. The molecule has 2 aliphatic rings. The first-order chi connectivity index (χ1) is 39.1. The van der Waals surface area contributed by atoms with Crippen LogP contribution in [0.5, 0.6) is 0 Å². The van der Waals surface area contributed by atoms with E-state index in [0.29, 0.717) is 0 Å². The van der Waals surface area contributed by atoms with E-state index in [0.717, 1.165) is 77.2 Å². The Balaban J connectivity index is 0.769. The maximum absolute atomic E-state index is 13.9. The van der Waals surface area contributed by atoms with Crippen LogP contribution >= 0.6 is 0 Å². The van der Waals surface area contributed by atoms with E-state index in [1.54, 1.807) is 0 Å². The van der Waals surface area contributed by atoms with Gasteiger partial charge in [-0.05, 0) is 114 Å². The summed E-state index contributed by atoms with van der Waals surface area (Å²) in [5.41, 5.74) is 11.5. The van der Waals surface area contributed by atoms with Crippen molar-refractivity contribution in [1.29, 1.82) is 0 Å². The molecule has 0 bridgehead atoms. The summed E-state index contributed by atoms with van der Waals surface area (Å²) in [4.78, 5) is 80.2. The molecule has 16 nitrogen and oxygen atoms in total. The Morgan fingerprint density at radius 1 is 0.375 bits per heavy atom. The second kappa shape index (κ2) is 22.6. The van der Waals surface area contributed by atoms with Crippen LogP contribution in [0.1, 0.15) is 65.9 Å². The number of anilines is 4. The number of benzene rings is 9. The van der Waals surface area contributed by atoms with E-state index in [-0.39, 0.29) is 72.0 Å². The highest BCUT2D eigenvalue weighted by Crippen LogP contribution is 2.46. The minimum atomic E-state index is -0.765. The van der Waals surface area contributed by atoms with E-state index < -0.39 is 36.1 Å². The van der Waals surface area contributed by atoms with Crippen molar-refractivity contribution in [3.8, 4) is 22.3 Å². The van der Waals surface area contributed by atoms with Crippen molar-refractivity contribution in [2.45, 2.75) is 24.9 Å². The van der Waals surface area contributed by atoms with E-state index in [9.17, 15) is 28.8 Å². The number of fused-ring (bicyclic) bond motifs is 8. The van der Waals surface area contributed by atoms with Gasteiger partial charge in [-0.15, -0.1) is 0 Å². The predicted octanol–water partition coefficient (Wildman–Crippen LogP) is 12.1. The molecular weight excluding hydrogens is 1010 g/mol. The first-order valence-electron chi connectivity index (χ1n) is 26.0. The molecule has 0 radical (unpaired) electrons. The summed E-state index contributed by atoms with van der Waals surface area (Å²) in [6.07, 6.45) is -1.53. The van der Waals surface area contributed by atoms with Gasteiger partial charge < -0.3 is 41.4 Å². The summed E-state index contributed by atoms with van der Waals surface area (Å²) in [5.74, 6) is -1.14. The summed E-state index contributed by atoms with van der Waals surface area (Å²) < 4.78 is 11.6. The monoisotopic (exact) mass is 1060 g/mol. The number of rotatable bonds is 14. The molecule has 11 rings (SSSR count). The maximum Gasteiger partial charge on any atom is 0.411 e. The summed E-state index contributed by atoms with van der Waals surface area (Å²) in [5, 5.41) is 25.7. The van der Waals surface area contributed by atoms with Crippen molar-refractivity contribution in [2.75, 3.05) is 48.6 Å². The Bertz CT molecular complexity index is 3550. The van der Waals surface area contributed by atoms with Gasteiger partial charge in [-0.2, -0.15) is 0 Å². The summed E-state index contributed by atoms with van der Waals surface area (Å²) in [6, 6.07) is 55.4. The van der Waals surface area contributed by atoms with Crippen LogP contribution in [0, 0.1) is 0 Å². The van der Waals surface area contributed by atoms with Gasteiger partial charge in [-0.1, -0.05) is 146 Å². The molecule has 0 atom stereocenters. The standard InChI is InChI=1S/C64H54N8O8/c1-65-59(73)37-27-29-55(57(31-37)71-63(77)79-35-53-47-23-11-3-15-39(47)40-16-4-12-24-48(40)53)69-61(75)67-33-51-43-19-7-9-21-45(43)52(46-22-10-8-20-44(46)51)34-68-62(76)70-56-30-28-38(60(74)66-2)32-58(56)72-64(78)80-36-54-49-25-13-5-17-41(49)42-18-6-14-26-50(42)54/h3-32,53-54H,33-36H2,1-2H3,(H,65,73)(H,66,74)(H,71,77)(H,72,78)(H2,67,69,75)(H2,68,70,76). The van der Waals surface area contributed by atoms with Gasteiger partial charge >= 0.3 is 24.2 Å². The lowest BCUT2D eigenvalue weighted by atomic mass is 9.91. The van der Waals surface area contributed by atoms with Gasteiger partial charge in [-0.3, -0.25) is 20.2 Å². The molecule has 16 heteroatoms. The molecule has 9 aromatic carbocycles. The van der Waals surface area contributed by atoms with Gasteiger partial charge in [-0.25, -0.2) is 19.2 Å². The molecule has 0 aromatic heterocycles. The average molecular weight is 1060 g/mol. The zero-order valence-electron chi connectivity index (χ0n) is 43.6. The number of nitrogens with one attached hydrogen (secondary N) is 8. The Morgan fingerprint density at radius 2 is 0.688 bits per heavy atom. The number of hydrogen-bond donors (Lipinski definition) is 8. The molecule has 0 aliphatic heterocycles. The van der Waals surface area contributed by atoms with Crippen molar-refractivity contribution in [3.63, 3.8) is 0 Å². The van der Waals surface area contributed by atoms with Crippen LogP contribution in [0.2, 0.25) is 0 Å². The highest BCUT2D eigenvalue weighted by atomic mass is 16.6. The number of carbonyl (C=O) groups excluding carboxylic acids is 6. The fourth-order valence-corrected chi connectivity index (χ4v) is 10.9. The highest BCUT2D eigenvalue weighted by Gasteiger charge is 2.31. The minimum absolute atomic E-state index is 0.0597. The van der Waals surface area contributed by atoms with Crippen LogP contribution in [0.4, 0.5) is 41.9 Å². The van der Waals surface area contributed by atoms with Crippen molar-refractivity contribution in [3.05, 3.63) is 226 Å². The fraction of sp³-hybridized carbons (Fsp3) is 0.125. The number of ether oxygens (including phenoxy) is 2. The molecule has 0 saturated heterocycles. The van der Waals surface area contributed by atoms with Crippen LogP contribution < -0.4 is 42.5 Å². The SMILES string of the molecule is CNC(=O)c1ccc(NC(=O)NCc2c3ccccc3c(CNC(=O)Nc3ccc(C(=O)NC)cc3NC(=O)OCC3c4ccccc4-c4ccccc43)c3ccccc23)c(NC(=O)OCC2c3ccccc3-c3ccccc32)c1. The lowest BCUT2D eigenvalue weighted by Crippen LogP contribution is -2.30. The Kier molecular flexibility index (Phi) is 14.6. The first kappa shape index (κ1) is 51.6. The third-order valence-corrected chi connectivity index (χ3v) is 14.7. The van der Waals surface area contributed by atoms with Crippen molar-refractivity contribution in [2.24, 2.45) is 0 Å². The van der Waals surface area contributed by atoms with Crippen LogP contribution in [0.3, 0.4) is 0 Å². The van der Waals surface area contributed by atoms with E-state index in [2.05, 4.69) is 66.8 Å². The summed E-state index contributed by atoms with van der Waals surface area (Å²) >= 11 is 0. The molecule has 8 N–H and O–H groups in total. The smallest absolute Gasteiger partial charge is 0.411 e. The normalized spacial score (nSPS) is 12.0. The number of carbonyl (C=O) groups is 6. The minimum Gasteiger partial charge on any atom is -0.448 e. The maximum atomic E-state index is 13.9. The molecule has 398 valence electrons. The zero-order chi connectivity index (χ0) is 55.3. The topological polar surface area (TPSA) is 217 Å². The second-order valence-electron chi connectivity index (χ2n) is 19.2. The van der Waals surface area contributed by atoms with Gasteiger partial charge in [0.2, 0.25) is 0 Å². The second-order valence-corrected chi connectivity index (χ2v) is 19.2. The molecule has 2 aliphatic carbocycles. The molecule has 0 unspecified atom stereocenters. The molecule has 0 saturated carbocycles. The molecule has 8 amide bonds. The van der Waals surface area contributed by atoms with E-state index in [1.807, 2.05) is 121 Å². The van der Waals surface area contributed by atoms with E-state index >= 15 is 0 Å². The van der Waals surface area contributed by atoms with Crippen LogP contribution in [0.15, 0.2) is 182 Å². The summed E-state index contributed by atoms with van der Waals surface area (Å²) in [6.45, 7) is 0.282. The zero-order valence-corrected chi connectivity index (χ0v) is 43.6. The summed E-state index contributed by atoms with van der Waals surface area (Å²) in [7, 11) is 3.00. The van der Waals surface area contributed by atoms with Crippen molar-refractivity contribution in [1.82, 2.24) is 21.3 Å². The van der Waals surface area contributed by atoms with Crippen LogP contribution in [0.25, 0.3) is 43.8 Å². The Labute approximate surface area is 460 Å². The number of amides is 8. The average Bonchev–Trinajstić information content (AvgIpc) is 4.11. The van der Waals surface area contributed by atoms with Crippen LogP contribution in [-0.4, -0.2) is 63.4 Å². The lowest BCUT2D eigenvalue weighted by Gasteiger charge is -2.19. The van der Waals surface area contributed by atoms with Crippen molar-refractivity contribution < 1.29 is 38.2 Å². The third kappa shape index (κ3) is 10.4. The molecule has 0 spiro atoms. The largest absolute Gasteiger partial charge is 0.448 e. The van der Waals surface area contributed by atoms with E-state index in [1.165, 1.54) is 50.5 Å². The van der Waals surface area contributed by atoms with Gasteiger partial charge in [0, 0.05) is 50.1 Å². The van der Waals surface area contributed by atoms with Gasteiger partial charge in [0.25, 0.3) is 11.8 Å². The number of hydrogen-bond acceptors (Lipinski definition) is 8. The third-order valence-electron chi connectivity index (χ3n) is 14.7. The lowest BCUT2D eigenvalue weighted by molar-refractivity contribution is 0.0955. The highest BCUT2D eigenvalue weighted by molar-refractivity contribution is 6.08. The van der Waals surface area contributed by atoms with Gasteiger partial charge in [0.15, 0.2) is 0 Å². The predicted molar refractivity (Wildman–Crippen MR) is 310 cm³/mol.